The van der Waals surface area contributed by atoms with Gasteiger partial charge in [0.25, 0.3) is 5.91 Å². The third-order valence-electron chi connectivity index (χ3n) is 3.55. The number of carbonyl (C=O) groups excluding carboxylic acids is 2. The van der Waals surface area contributed by atoms with Crippen molar-refractivity contribution >= 4 is 11.9 Å². The number of nitrogens with zero attached hydrogens (tertiary/aromatic N) is 1. The van der Waals surface area contributed by atoms with E-state index in [9.17, 15) is 9.59 Å². The van der Waals surface area contributed by atoms with E-state index in [1.807, 2.05) is 17.2 Å². The highest BCUT2D eigenvalue weighted by molar-refractivity contribution is 5.94. The number of ether oxygens (including phenoxy) is 1. The van der Waals surface area contributed by atoms with Gasteiger partial charge in [0.1, 0.15) is 5.75 Å². The monoisotopic (exact) mass is 284 g/mol. The fraction of sp³-hybridized carbons (Fsp3) is 0.250. The van der Waals surface area contributed by atoms with Crippen molar-refractivity contribution < 1.29 is 14.3 Å². The van der Waals surface area contributed by atoms with E-state index in [2.05, 4.69) is 4.98 Å². The summed E-state index contributed by atoms with van der Waals surface area (Å²) in [6.45, 7) is 2.63. The van der Waals surface area contributed by atoms with E-state index in [4.69, 9.17) is 4.74 Å². The van der Waals surface area contributed by atoms with Crippen LogP contribution in [0.2, 0.25) is 0 Å². The highest BCUT2D eigenvalue weighted by Crippen LogP contribution is 2.21. The Balaban J connectivity index is 1.78. The Morgan fingerprint density at radius 1 is 1.29 bits per heavy atom. The molecule has 1 aromatic carbocycles. The first kappa shape index (κ1) is 13.4. The Morgan fingerprint density at radius 2 is 2.14 bits per heavy atom. The number of esters is 1. The van der Waals surface area contributed by atoms with Crippen molar-refractivity contribution in [1.29, 1.82) is 0 Å². The number of hydrogen-bond donors (Lipinski definition) is 1. The second-order valence-corrected chi connectivity index (χ2v) is 5.08. The quantitative estimate of drug-likeness (QED) is 0.679. The Bertz CT molecular complexity index is 690. The molecule has 0 radical (unpaired) electrons. The minimum Gasteiger partial charge on any atom is -0.427 e. The molecule has 0 aliphatic carbocycles. The number of benzene rings is 1. The standard InChI is InChI=1S/C16H16N2O3/c1-11(19)21-14-4-2-3-12(9-14)16(20)18-8-6-15-13(10-18)5-7-17-15/h2-5,7,9,17H,6,8,10H2,1H3. The van der Waals surface area contributed by atoms with E-state index in [0.717, 1.165) is 12.0 Å². The molecule has 0 saturated carbocycles. The zero-order valence-corrected chi connectivity index (χ0v) is 11.8. The topological polar surface area (TPSA) is 62.4 Å². The average Bonchev–Trinajstić information content (AvgIpc) is 2.93. The lowest BCUT2D eigenvalue weighted by atomic mass is 10.1. The molecule has 0 saturated heterocycles. The first-order valence-electron chi connectivity index (χ1n) is 6.86. The van der Waals surface area contributed by atoms with Crippen LogP contribution in [-0.4, -0.2) is 28.3 Å². The summed E-state index contributed by atoms with van der Waals surface area (Å²) in [5.41, 5.74) is 2.89. The van der Waals surface area contributed by atoms with Crippen LogP contribution in [0.15, 0.2) is 36.5 Å². The van der Waals surface area contributed by atoms with Gasteiger partial charge in [-0.3, -0.25) is 9.59 Å². The van der Waals surface area contributed by atoms with Gasteiger partial charge in [0.15, 0.2) is 0 Å². The maximum Gasteiger partial charge on any atom is 0.308 e. The number of nitrogens with one attached hydrogen (secondary N) is 1. The average molecular weight is 284 g/mol. The fourth-order valence-electron chi connectivity index (χ4n) is 2.56. The normalized spacial score (nSPS) is 13.7. The fourth-order valence-corrected chi connectivity index (χ4v) is 2.56. The molecule has 1 amide bonds. The number of rotatable bonds is 2. The minimum absolute atomic E-state index is 0.0455. The van der Waals surface area contributed by atoms with Gasteiger partial charge in [0, 0.05) is 43.9 Å². The number of amides is 1. The van der Waals surface area contributed by atoms with Crippen molar-refractivity contribution in [2.45, 2.75) is 19.9 Å². The van der Waals surface area contributed by atoms with Crippen LogP contribution in [0.25, 0.3) is 0 Å². The van der Waals surface area contributed by atoms with E-state index in [1.54, 1.807) is 24.3 Å². The molecule has 0 fully saturated rings. The Morgan fingerprint density at radius 3 is 2.95 bits per heavy atom. The smallest absolute Gasteiger partial charge is 0.308 e. The summed E-state index contributed by atoms with van der Waals surface area (Å²) < 4.78 is 5.02. The second kappa shape index (κ2) is 5.44. The molecule has 2 aromatic rings. The van der Waals surface area contributed by atoms with Crippen LogP contribution >= 0.6 is 0 Å². The first-order valence-corrected chi connectivity index (χ1v) is 6.86. The highest BCUT2D eigenvalue weighted by Gasteiger charge is 2.22. The minimum atomic E-state index is -0.394. The lowest BCUT2D eigenvalue weighted by Crippen LogP contribution is -2.35. The highest BCUT2D eigenvalue weighted by atomic mass is 16.5. The zero-order valence-electron chi connectivity index (χ0n) is 11.8. The Labute approximate surface area is 122 Å². The van der Waals surface area contributed by atoms with Crippen LogP contribution in [0.5, 0.6) is 5.75 Å². The number of aromatic nitrogens is 1. The summed E-state index contributed by atoms with van der Waals surface area (Å²) in [7, 11) is 0. The van der Waals surface area contributed by atoms with Crippen molar-refractivity contribution in [3.05, 3.63) is 53.3 Å². The molecule has 0 atom stereocenters. The maximum atomic E-state index is 12.5. The van der Waals surface area contributed by atoms with Crippen LogP contribution in [0, 0.1) is 0 Å². The molecule has 2 heterocycles. The van der Waals surface area contributed by atoms with E-state index >= 15 is 0 Å². The molecule has 1 N–H and O–H groups in total. The predicted octanol–water partition coefficient (Wildman–Crippen LogP) is 2.14. The summed E-state index contributed by atoms with van der Waals surface area (Å²) in [6.07, 6.45) is 2.73. The molecule has 5 nitrogen and oxygen atoms in total. The molecule has 1 aromatic heterocycles. The number of hydrogen-bond acceptors (Lipinski definition) is 3. The molecule has 0 bridgehead atoms. The third-order valence-corrected chi connectivity index (χ3v) is 3.55. The predicted molar refractivity (Wildman–Crippen MR) is 77.0 cm³/mol. The Hall–Kier alpha value is -2.56. The molecule has 5 heteroatoms. The van der Waals surface area contributed by atoms with Crippen LogP contribution < -0.4 is 4.74 Å². The van der Waals surface area contributed by atoms with E-state index < -0.39 is 5.97 Å². The molecule has 1 aliphatic heterocycles. The number of fused-ring (bicyclic) bond motifs is 1. The van der Waals surface area contributed by atoms with Crippen molar-refractivity contribution in [1.82, 2.24) is 9.88 Å². The lowest BCUT2D eigenvalue weighted by molar-refractivity contribution is -0.131. The van der Waals surface area contributed by atoms with Crippen LogP contribution in [0.4, 0.5) is 0 Å². The maximum absolute atomic E-state index is 12.5. The molecular weight excluding hydrogens is 268 g/mol. The van der Waals surface area contributed by atoms with Gasteiger partial charge >= 0.3 is 5.97 Å². The van der Waals surface area contributed by atoms with Crippen molar-refractivity contribution in [3.63, 3.8) is 0 Å². The van der Waals surface area contributed by atoms with Gasteiger partial charge in [-0.1, -0.05) is 6.07 Å². The SMILES string of the molecule is CC(=O)Oc1cccc(C(=O)N2CCc3[nH]ccc3C2)c1. The Kier molecular flexibility index (Phi) is 3.48. The molecule has 108 valence electrons. The number of carbonyl (C=O) groups is 2. The van der Waals surface area contributed by atoms with Gasteiger partial charge in [0.2, 0.25) is 0 Å². The van der Waals surface area contributed by atoms with Crippen LogP contribution in [0.3, 0.4) is 0 Å². The molecular formula is C16H16N2O3. The summed E-state index contributed by atoms with van der Waals surface area (Å²) in [5.74, 6) is -0.0434. The zero-order chi connectivity index (χ0) is 14.8. The van der Waals surface area contributed by atoms with Gasteiger partial charge in [-0.05, 0) is 29.8 Å². The summed E-state index contributed by atoms with van der Waals surface area (Å²) >= 11 is 0. The van der Waals surface area contributed by atoms with Gasteiger partial charge in [-0.25, -0.2) is 0 Å². The third kappa shape index (κ3) is 2.81. The van der Waals surface area contributed by atoms with Gasteiger partial charge < -0.3 is 14.6 Å². The molecule has 3 rings (SSSR count). The second-order valence-electron chi connectivity index (χ2n) is 5.08. The molecule has 1 aliphatic rings. The van der Waals surface area contributed by atoms with Crippen molar-refractivity contribution in [2.24, 2.45) is 0 Å². The van der Waals surface area contributed by atoms with Crippen molar-refractivity contribution in [3.8, 4) is 5.75 Å². The van der Waals surface area contributed by atoms with Crippen LogP contribution in [0.1, 0.15) is 28.5 Å². The van der Waals surface area contributed by atoms with Crippen LogP contribution in [-0.2, 0) is 17.8 Å². The summed E-state index contributed by atoms with van der Waals surface area (Å²) in [4.78, 5) is 28.5. The number of H-pyrrole nitrogens is 1. The lowest BCUT2D eigenvalue weighted by Gasteiger charge is -2.27. The van der Waals surface area contributed by atoms with E-state index in [-0.39, 0.29) is 5.91 Å². The number of aromatic amines is 1. The van der Waals surface area contributed by atoms with E-state index in [1.165, 1.54) is 12.6 Å². The summed E-state index contributed by atoms with van der Waals surface area (Å²) in [5, 5.41) is 0. The largest absolute Gasteiger partial charge is 0.427 e. The van der Waals surface area contributed by atoms with Gasteiger partial charge in [-0.15, -0.1) is 0 Å². The first-order chi connectivity index (χ1) is 10.1. The van der Waals surface area contributed by atoms with E-state index in [0.29, 0.717) is 24.4 Å². The molecule has 0 spiro atoms. The molecule has 21 heavy (non-hydrogen) atoms. The van der Waals surface area contributed by atoms with Gasteiger partial charge in [-0.2, -0.15) is 0 Å². The molecule has 0 unspecified atom stereocenters. The van der Waals surface area contributed by atoms with Gasteiger partial charge in [0.05, 0.1) is 0 Å². The summed E-state index contributed by atoms with van der Waals surface area (Å²) in [6, 6.07) is 8.73. The van der Waals surface area contributed by atoms with Crippen molar-refractivity contribution in [2.75, 3.05) is 6.54 Å².